The Balaban J connectivity index is 2.02. The van der Waals surface area contributed by atoms with Gasteiger partial charge in [-0.15, -0.1) is 0 Å². The van der Waals surface area contributed by atoms with Crippen molar-refractivity contribution in [3.05, 3.63) is 58.9 Å². The highest BCUT2D eigenvalue weighted by molar-refractivity contribution is 6.29. The summed E-state index contributed by atoms with van der Waals surface area (Å²) in [6, 6.07) is 10.3. The Labute approximate surface area is 125 Å². The van der Waals surface area contributed by atoms with Crippen molar-refractivity contribution in [2.45, 2.75) is 6.61 Å². The van der Waals surface area contributed by atoms with E-state index in [1.807, 2.05) is 18.2 Å². The van der Waals surface area contributed by atoms with Crippen LogP contribution < -0.4 is 5.32 Å². The number of carboxylic acids is 1. The van der Waals surface area contributed by atoms with Crippen molar-refractivity contribution in [2.75, 3.05) is 5.32 Å². The minimum Gasteiger partial charge on any atom is -0.478 e. The third-order valence-corrected chi connectivity index (χ3v) is 2.76. The maximum Gasteiger partial charge on any atom is 0.411 e. The molecule has 1 aromatic carbocycles. The molecule has 21 heavy (non-hydrogen) atoms. The molecule has 0 radical (unpaired) electrons. The molecule has 0 aliphatic heterocycles. The molecule has 0 saturated heterocycles. The highest BCUT2D eigenvalue weighted by atomic mass is 35.5. The lowest BCUT2D eigenvalue weighted by Crippen LogP contribution is -2.16. The van der Waals surface area contributed by atoms with E-state index in [0.29, 0.717) is 0 Å². The number of hydrogen-bond donors (Lipinski definition) is 2. The number of amides is 1. The smallest absolute Gasteiger partial charge is 0.411 e. The third kappa shape index (κ3) is 4.19. The molecule has 2 aromatic rings. The van der Waals surface area contributed by atoms with Gasteiger partial charge >= 0.3 is 12.1 Å². The lowest BCUT2D eigenvalue weighted by molar-refractivity contribution is 0.0697. The van der Waals surface area contributed by atoms with Crippen LogP contribution >= 0.6 is 11.6 Å². The van der Waals surface area contributed by atoms with Crippen LogP contribution in [0.2, 0.25) is 5.15 Å². The molecule has 1 aromatic heterocycles. The van der Waals surface area contributed by atoms with Gasteiger partial charge in [0.2, 0.25) is 0 Å². The van der Waals surface area contributed by atoms with E-state index in [9.17, 15) is 9.59 Å². The zero-order chi connectivity index (χ0) is 15.2. The zero-order valence-corrected chi connectivity index (χ0v) is 11.5. The molecule has 0 bridgehead atoms. The number of rotatable bonds is 4. The predicted molar refractivity (Wildman–Crippen MR) is 76.5 cm³/mol. The van der Waals surface area contributed by atoms with Crippen molar-refractivity contribution in [2.24, 2.45) is 0 Å². The summed E-state index contributed by atoms with van der Waals surface area (Å²) < 4.78 is 5.00. The van der Waals surface area contributed by atoms with Crippen LogP contribution in [-0.2, 0) is 11.3 Å². The summed E-state index contributed by atoms with van der Waals surface area (Å²) in [7, 11) is 0. The van der Waals surface area contributed by atoms with Gasteiger partial charge in [0, 0.05) is 12.3 Å². The van der Waals surface area contributed by atoms with E-state index in [4.69, 9.17) is 21.4 Å². The van der Waals surface area contributed by atoms with E-state index in [1.165, 1.54) is 6.07 Å². The van der Waals surface area contributed by atoms with Crippen molar-refractivity contribution in [3.8, 4) is 0 Å². The highest BCUT2D eigenvalue weighted by Gasteiger charge is 2.14. The van der Waals surface area contributed by atoms with Gasteiger partial charge in [-0.3, -0.25) is 5.32 Å². The molecule has 0 aliphatic carbocycles. The minimum absolute atomic E-state index is 0.0283. The molecule has 0 atom stereocenters. The van der Waals surface area contributed by atoms with Gasteiger partial charge in [0.25, 0.3) is 0 Å². The van der Waals surface area contributed by atoms with E-state index in [-0.39, 0.29) is 23.0 Å². The van der Waals surface area contributed by atoms with Crippen molar-refractivity contribution < 1.29 is 19.4 Å². The monoisotopic (exact) mass is 306 g/mol. The van der Waals surface area contributed by atoms with Crippen LogP contribution in [0.15, 0.2) is 42.6 Å². The lowest BCUT2D eigenvalue weighted by atomic mass is 10.2. The number of benzene rings is 1. The Morgan fingerprint density at radius 1 is 1.29 bits per heavy atom. The van der Waals surface area contributed by atoms with Gasteiger partial charge in [0.15, 0.2) is 0 Å². The third-order valence-electron chi connectivity index (χ3n) is 2.55. The molecule has 6 nitrogen and oxygen atoms in total. The quantitative estimate of drug-likeness (QED) is 0.847. The first-order chi connectivity index (χ1) is 10.1. The number of carbonyl (C=O) groups excluding carboxylic acids is 1. The average Bonchev–Trinajstić information content (AvgIpc) is 2.46. The van der Waals surface area contributed by atoms with Crippen LogP contribution in [-0.4, -0.2) is 22.2 Å². The van der Waals surface area contributed by atoms with Crippen molar-refractivity contribution in [1.29, 1.82) is 0 Å². The molecule has 1 heterocycles. The molecule has 0 spiro atoms. The predicted octanol–water partition coefficient (Wildman–Crippen LogP) is 3.18. The fraction of sp³-hybridized carbons (Fsp3) is 0.0714. The number of aromatic carboxylic acids is 1. The largest absolute Gasteiger partial charge is 0.478 e. The first-order valence-electron chi connectivity index (χ1n) is 5.93. The van der Waals surface area contributed by atoms with Gasteiger partial charge in [0.1, 0.15) is 17.3 Å². The lowest BCUT2D eigenvalue weighted by Gasteiger charge is -2.09. The number of pyridine rings is 1. The van der Waals surface area contributed by atoms with E-state index < -0.39 is 12.1 Å². The number of aromatic nitrogens is 1. The second kappa shape index (κ2) is 6.71. The number of carboxylic acid groups (broad SMARTS) is 1. The van der Waals surface area contributed by atoms with Crippen molar-refractivity contribution in [1.82, 2.24) is 4.98 Å². The zero-order valence-electron chi connectivity index (χ0n) is 10.7. The molecule has 0 fully saturated rings. The average molecular weight is 307 g/mol. The van der Waals surface area contributed by atoms with Gasteiger partial charge in [0.05, 0.1) is 5.69 Å². The molecule has 2 N–H and O–H groups in total. The molecule has 0 unspecified atom stereocenters. The second-order valence-corrected chi connectivity index (χ2v) is 4.43. The normalized spacial score (nSPS) is 9.95. The second-order valence-electron chi connectivity index (χ2n) is 4.04. The Morgan fingerprint density at radius 2 is 2.00 bits per heavy atom. The molecule has 1 amide bonds. The number of carbonyl (C=O) groups is 2. The van der Waals surface area contributed by atoms with E-state index in [2.05, 4.69) is 10.3 Å². The number of nitrogens with zero attached hydrogens (tertiary/aromatic N) is 1. The standard InChI is InChI=1S/C14H11ClN2O4/c15-12-6-11(10(7-16-12)13(18)19)17-14(20)21-8-9-4-2-1-3-5-9/h1-7H,8H2,(H,18,19)(H,16,17,20). The molecule has 0 aliphatic rings. The minimum atomic E-state index is -1.22. The summed E-state index contributed by atoms with van der Waals surface area (Å²) in [5, 5.41) is 11.4. The molecular weight excluding hydrogens is 296 g/mol. The molecule has 108 valence electrons. The Morgan fingerprint density at radius 3 is 2.67 bits per heavy atom. The molecule has 0 saturated carbocycles. The first kappa shape index (κ1) is 14.8. The summed E-state index contributed by atoms with van der Waals surface area (Å²) in [5.74, 6) is -1.22. The van der Waals surface area contributed by atoms with Crippen LogP contribution in [0, 0.1) is 0 Å². The van der Waals surface area contributed by atoms with Crippen LogP contribution in [0.5, 0.6) is 0 Å². The summed E-state index contributed by atoms with van der Waals surface area (Å²) in [4.78, 5) is 26.4. The van der Waals surface area contributed by atoms with Crippen molar-refractivity contribution in [3.63, 3.8) is 0 Å². The number of nitrogens with one attached hydrogen (secondary N) is 1. The maximum atomic E-state index is 11.7. The fourth-order valence-corrected chi connectivity index (χ4v) is 1.73. The topological polar surface area (TPSA) is 88.5 Å². The Bertz CT molecular complexity index is 661. The van der Waals surface area contributed by atoms with Gasteiger partial charge in [-0.25, -0.2) is 14.6 Å². The number of ether oxygens (including phenoxy) is 1. The van der Waals surface area contributed by atoms with Crippen LogP contribution in [0.1, 0.15) is 15.9 Å². The summed E-state index contributed by atoms with van der Waals surface area (Å²) in [6.45, 7) is 0.0773. The SMILES string of the molecule is O=C(Nc1cc(Cl)ncc1C(=O)O)OCc1ccccc1. The van der Waals surface area contributed by atoms with Gasteiger partial charge in [-0.2, -0.15) is 0 Å². The maximum absolute atomic E-state index is 11.7. The summed E-state index contributed by atoms with van der Waals surface area (Å²) >= 11 is 5.68. The van der Waals surface area contributed by atoms with E-state index in [0.717, 1.165) is 11.8 Å². The fourth-order valence-electron chi connectivity index (χ4n) is 1.57. The van der Waals surface area contributed by atoms with Gasteiger partial charge in [-0.1, -0.05) is 41.9 Å². The van der Waals surface area contributed by atoms with Gasteiger partial charge < -0.3 is 9.84 Å². The first-order valence-corrected chi connectivity index (χ1v) is 6.30. The molecule has 7 heteroatoms. The highest BCUT2D eigenvalue weighted by Crippen LogP contribution is 2.19. The number of halogens is 1. The van der Waals surface area contributed by atoms with Crippen LogP contribution in [0.4, 0.5) is 10.5 Å². The van der Waals surface area contributed by atoms with Crippen LogP contribution in [0.25, 0.3) is 0 Å². The summed E-state index contributed by atoms with van der Waals surface area (Å²) in [5.41, 5.74) is 0.676. The summed E-state index contributed by atoms with van der Waals surface area (Å²) in [6.07, 6.45) is 0.293. The van der Waals surface area contributed by atoms with Crippen molar-refractivity contribution >= 4 is 29.4 Å². The Hall–Kier alpha value is -2.60. The number of hydrogen-bond acceptors (Lipinski definition) is 4. The van der Waals surface area contributed by atoms with Gasteiger partial charge in [-0.05, 0) is 5.56 Å². The van der Waals surface area contributed by atoms with Crippen LogP contribution in [0.3, 0.4) is 0 Å². The van der Waals surface area contributed by atoms with E-state index >= 15 is 0 Å². The number of anilines is 1. The van der Waals surface area contributed by atoms with E-state index in [1.54, 1.807) is 12.1 Å². The molecule has 2 rings (SSSR count). The Kier molecular flexibility index (Phi) is 4.73. The molecular formula is C14H11ClN2O4.